The average Bonchev–Trinajstić information content (AvgIpc) is 2.88. The molecule has 3 heteroatoms. The molecule has 1 aromatic heterocycles. The molecular formula is C22H27N2O+. The van der Waals surface area contributed by atoms with E-state index >= 15 is 0 Å². The lowest BCUT2D eigenvalue weighted by molar-refractivity contribution is -0.595. The second kappa shape index (κ2) is 6.40. The lowest BCUT2D eigenvalue weighted by Crippen LogP contribution is -2.30. The Morgan fingerprint density at radius 1 is 0.760 bits per heavy atom. The number of imidazole rings is 1. The van der Waals surface area contributed by atoms with Crippen molar-refractivity contribution < 1.29 is 9.30 Å². The van der Waals surface area contributed by atoms with Gasteiger partial charge in [0.15, 0.2) is 6.20 Å². The van der Waals surface area contributed by atoms with Crippen LogP contribution in [0.15, 0.2) is 36.8 Å². The molecule has 3 rings (SSSR count). The first kappa shape index (κ1) is 17.3. The van der Waals surface area contributed by atoms with Gasteiger partial charge in [0.1, 0.15) is 11.4 Å². The van der Waals surface area contributed by atoms with Crippen molar-refractivity contribution in [2.45, 2.75) is 41.5 Å². The number of ether oxygens (including phenoxy) is 1. The van der Waals surface area contributed by atoms with Gasteiger partial charge in [-0.1, -0.05) is 35.4 Å². The minimum Gasteiger partial charge on any atom is -0.463 e. The highest BCUT2D eigenvalue weighted by Gasteiger charge is 2.22. The molecule has 0 N–H and O–H groups in total. The van der Waals surface area contributed by atoms with E-state index in [2.05, 4.69) is 87.5 Å². The van der Waals surface area contributed by atoms with Gasteiger partial charge in [0.25, 0.3) is 6.33 Å². The molecule has 3 nitrogen and oxygen atoms in total. The molecule has 0 spiro atoms. The van der Waals surface area contributed by atoms with Crippen LogP contribution < -0.4 is 9.30 Å². The van der Waals surface area contributed by atoms with Crippen molar-refractivity contribution in [1.29, 1.82) is 0 Å². The van der Waals surface area contributed by atoms with Gasteiger partial charge in [-0.25, -0.2) is 0 Å². The van der Waals surface area contributed by atoms with Gasteiger partial charge in [-0.05, 0) is 63.8 Å². The molecule has 0 saturated heterocycles. The summed E-state index contributed by atoms with van der Waals surface area (Å²) in [6.45, 7) is 12.9. The molecule has 130 valence electrons. The minimum atomic E-state index is 0.828. The highest BCUT2D eigenvalue weighted by Crippen LogP contribution is 2.26. The fourth-order valence-corrected chi connectivity index (χ4v) is 3.97. The Morgan fingerprint density at radius 2 is 1.24 bits per heavy atom. The summed E-state index contributed by atoms with van der Waals surface area (Å²) in [6.07, 6.45) is 4.18. The third-order valence-corrected chi connectivity index (χ3v) is 4.71. The smallest absolute Gasteiger partial charge is 0.330 e. The van der Waals surface area contributed by atoms with Crippen LogP contribution >= 0.6 is 0 Å². The third kappa shape index (κ3) is 3.07. The average molecular weight is 335 g/mol. The Hall–Kier alpha value is -2.55. The van der Waals surface area contributed by atoms with Gasteiger partial charge in [0.2, 0.25) is 0 Å². The van der Waals surface area contributed by atoms with Crippen molar-refractivity contribution in [2.24, 2.45) is 0 Å². The van der Waals surface area contributed by atoms with Crippen molar-refractivity contribution in [2.75, 3.05) is 7.11 Å². The molecule has 25 heavy (non-hydrogen) atoms. The maximum atomic E-state index is 5.69. The Balaban J connectivity index is 2.24. The number of rotatable bonds is 3. The fraction of sp³-hybridized carbons (Fsp3) is 0.318. The zero-order chi connectivity index (χ0) is 18.3. The fourth-order valence-electron chi connectivity index (χ4n) is 3.97. The van der Waals surface area contributed by atoms with Gasteiger partial charge in [-0.15, -0.1) is 0 Å². The van der Waals surface area contributed by atoms with Crippen LogP contribution in [0.4, 0.5) is 0 Å². The van der Waals surface area contributed by atoms with E-state index in [9.17, 15) is 0 Å². The van der Waals surface area contributed by atoms with Gasteiger partial charge >= 0.3 is 5.88 Å². The van der Waals surface area contributed by atoms with Gasteiger partial charge < -0.3 is 4.74 Å². The summed E-state index contributed by atoms with van der Waals surface area (Å²) < 4.78 is 10.00. The highest BCUT2D eigenvalue weighted by molar-refractivity contribution is 5.51. The predicted molar refractivity (Wildman–Crippen MR) is 102 cm³/mol. The Bertz CT molecular complexity index is 905. The molecular weight excluding hydrogens is 308 g/mol. The number of hydrogen-bond donors (Lipinski definition) is 0. The van der Waals surface area contributed by atoms with Crippen molar-refractivity contribution >= 4 is 0 Å². The van der Waals surface area contributed by atoms with Crippen LogP contribution in [0.1, 0.15) is 33.4 Å². The summed E-state index contributed by atoms with van der Waals surface area (Å²) in [6, 6.07) is 8.88. The molecule has 1 heterocycles. The zero-order valence-corrected chi connectivity index (χ0v) is 16.3. The molecule has 0 atom stereocenters. The van der Waals surface area contributed by atoms with E-state index in [1.165, 1.54) is 44.8 Å². The molecule has 0 aliphatic rings. The van der Waals surface area contributed by atoms with Crippen LogP contribution in [0, 0.1) is 41.5 Å². The van der Waals surface area contributed by atoms with Crippen LogP contribution in [0.25, 0.3) is 11.4 Å². The monoisotopic (exact) mass is 335 g/mol. The molecule has 0 aliphatic carbocycles. The topological polar surface area (TPSA) is 18.0 Å². The Labute approximate surface area is 150 Å². The number of nitrogens with zero attached hydrogens (tertiary/aromatic N) is 2. The molecule has 0 radical (unpaired) electrons. The van der Waals surface area contributed by atoms with E-state index in [4.69, 9.17) is 4.74 Å². The molecule has 0 saturated carbocycles. The highest BCUT2D eigenvalue weighted by atomic mass is 16.5. The standard InChI is InChI=1S/C22H27N2O/c1-14-8-16(3)21(17(4)9-14)23-12-20(25-7)24(13-23)22-18(5)10-15(2)11-19(22)6/h8-13H,1-7H3/q+1. The van der Waals surface area contributed by atoms with Gasteiger partial charge in [-0.2, -0.15) is 9.13 Å². The number of aryl methyl sites for hydroxylation is 6. The first-order valence-corrected chi connectivity index (χ1v) is 8.66. The maximum Gasteiger partial charge on any atom is 0.330 e. The summed E-state index contributed by atoms with van der Waals surface area (Å²) in [5.74, 6) is 0.828. The molecule has 0 amide bonds. The second-order valence-corrected chi connectivity index (χ2v) is 7.06. The number of hydrogen-bond acceptors (Lipinski definition) is 1. The quantitative estimate of drug-likeness (QED) is 0.639. The Morgan fingerprint density at radius 3 is 1.72 bits per heavy atom. The van der Waals surface area contributed by atoms with Crippen molar-refractivity contribution in [1.82, 2.24) is 4.57 Å². The van der Waals surface area contributed by atoms with Crippen molar-refractivity contribution in [3.8, 4) is 17.3 Å². The first-order chi connectivity index (χ1) is 11.8. The van der Waals surface area contributed by atoms with Crippen molar-refractivity contribution in [3.05, 3.63) is 70.2 Å². The van der Waals surface area contributed by atoms with Gasteiger partial charge in [-0.3, -0.25) is 0 Å². The second-order valence-electron chi connectivity index (χ2n) is 7.06. The van der Waals surface area contributed by atoms with Crippen LogP contribution in [0.5, 0.6) is 5.88 Å². The lowest BCUT2D eigenvalue weighted by atomic mass is 10.0. The molecule has 0 aliphatic heterocycles. The summed E-state index contributed by atoms with van der Waals surface area (Å²) in [5, 5.41) is 0. The Kier molecular flexibility index (Phi) is 4.42. The summed E-state index contributed by atoms with van der Waals surface area (Å²) >= 11 is 0. The summed E-state index contributed by atoms with van der Waals surface area (Å²) in [7, 11) is 1.73. The lowest BCUT2D eigenvalue weighted by Gasteiger charge is -2.09. The molecule has 0 fully saturated rings. The number of methoxy groups -OCH3 is 1. The first-order valence-electron chi connectivity index (χ1n) is 8.66. The van der Waals surface area contributed by atoms with Crippen LogP contribution in [-0.4, -0.2) is 11.7 Å². The zero-order valence-electron chi connectivity index (χ0n) is 16.3. The predicted octanol–water partition coefficient (Wildman–Crippen LogP) is 4.61. The SMILES string of the molecule is COc1c[n+](-c2c(C)cc(C)cc2C)cn1-c1c(C)cc(C)cc1C. The maximum absolute atomic E-state index is 5.69. The van der Waals surface area contributed by atoms with E-state index in [1.54, 1.807) is 7.11 Å². The van der Waals surface area contributed by atoms with Gasteiger partial charge in [0, 0.05) is 0 Å². The van der Waals surface area contributed by atoms with E-state index < -0.39 is 0 Å². The van der Waals surface area contributed by atoms with E-state index in [0.29, 0.717) is 0 Å². The normalized spacial score (nSPS) is 11.0. The van der Waals surface area contributed by atoms with E-state index in [0.717, 1.165) is 5.88 Å². The van der Waals surface area contributed by atoms with E-state index in [-0.39, 0.29) is 0 Å². The minimum absolute atomic E-state index is 0.828. The number of benzene rings is 2. The van der Waals surface area contributed by atoms with E-state index in [1.807, 2.05) is 0 Å². The van der Waals surface area contributed by atoms with Crippen molar-refractivity contribution in [3.63, 3.8) is 0 Å². The number of aromatic nitrogens is 2. The van der Waals surface area contributed by atoms with Crippen LogP contribution in [0.3, 0.4) is 0 Å². The van der Waals surface area contributed by atoms with Gasteiger partial charge in [0.05, 0.1) is 7.11 Å². The summed E-state index contributed by atoms with van der Waals surface area (Å²) in [5.41, 5.74) is 9.98. The molecule has 0 bridgehead atoms. The molecule has 3 aromatic rings. The third-order valence-electron chi connectivity index (χ3n) is 4.71. The van der Waals surface area contributed by atoms with Crippen LogP contribution in [0.2, 0.25) is 0 Å². The van der Waals surface area contributed by atoms with Crippen LogP contribution in [-0.2, 0) is 0 Å². The largest absolute Gasteiger partial charge is 0.463 e. The molecule has 0 unspecified atom stereocenters. The summed E-state index contributed by atoms with van der Waals surface area (Å²) in [4.78, 5) is 0. The molecule has 2 aromatic carbocycles.